The lowest BCUT2D eigenvalue weighted by molar-refractivity contribution is -0.200. The highest BCUT2D eigenvalue weighted by Crippen LogP contribution is 2.44. The van der Waals surface area contributed by atoms with Gasteiger partial charge in [0, 0.05) is 27.7 Å². The topological polar surface area (TPSA) is 126 Å². The molecule has 0 aromatic heterocycles. The Bertz CT molecular complexity index is 965. The van der Waals surface area contributed by atoms with Gasteiger partial charge < -0.3 is 30.1 Å². The molecule has 3 saturated heterocycles. The highest BCUT2D eigenvalue weighted by molar-refractivity contribution is 5.76. The molecule has 10 nitrogen and oxygen atoms in total. The van der Waals surface area contributed by atoms with Crippen LogP contribution in [0.2, 0.25) is 0 Å². The summed E-state index contributed by atoms with van der Waals surface area (Å²) in [6.45, 7) is 23.4. The van der Waals surface area contributed by atoms with E-state index in [9.17, 15) is 19.6 Å². The fourth-order valence-electron chi connectivity index (χ4n) is 7.49. The Morgan fingerprint density at radius 3 is 1.27 bits per heavy atom. The van der Waals surface area contributed by atoms with Crippen LogP contribution in [0.4, 0.5) is 0 Å². The minimum Gasteiger partial charge on any atom is -0.465 e. The summed E-state index contributed by atoms with van der Waals surface area (Å²) in [6.07, 6.45) is 1.71. The smallest absolute Gasteiger partial charge is 0.310 e. The molecule has 3 aliphatic rings. The van der Waals surface area contributed by atoms with Crippen molar-refractivity contribution in [2.24, 2.45) is 23.7 Å². The highest BCUT2D eigenvalue weighted by atomic mass is 16.6. The van der Waals surface area contributed by atoms with Crippen molar-refractivity contribution < 1.29 is 33.8 Å². The van der Waals surface area contributed by atoms with Crippen molar-refractivity contribution in [3.8, 4) is 0 Å². The number of nitrogens with one attached hydrogen (secondary N) is 2. The zero-order chi connectivity index (χ0) is 31.4. The van der Waals surface area contributed by atoms with Crippen LogP contribution in [0.1, 0.15) is 102 Å². The van der Waals surface area contributed by atoms with Crippen molar-refractivity contribution in [3.63, 3.8) is 0 Å². The second-order valence-corrected chi connectivity index (χ2v) is 16.3. The van der Waals surface area contributed by atoms with E-state index < -0.39 is 40.0 Å². The molecule has 0 aromatic carbocycles. The molecule has 3 atom stereocenters. The third-order valence-corrected chi connectivity index (χ3v) is 9.41. The van der Waals surface area contributed by atoms with Crippen LogP contribution in [-0.4, -0.2) is 81.2 Å². The van der Waals surface area contributed by atoms with Gasteiger partial charge in [0.1, 0.15) is 19.8 Å². The van der Waals surface area contributed by atoms with Crippen LogP contribution in [0.25, 0.3) is 0 Å². The standard InChI is InChI=1S/C31H55N3O7/c1-26(2)13-20(29(7,8)32-26)23(35)39-16-19(17-40-24(36)21-14-27(3,4)33-30(21,9)10)18-41-25(37)22-15-28(5,6)34(38)31(22,11)12/h19-22,32-33,38H,13-18H2,1-12H3. The van der Waals surface area contributed by atoms with E-state index in [4.69, 9.17) is 14.2 Å². The lowest BCUT2D eigenvalue weighted by Crippen LogP contribution is -2.48. The van der Waals surface area contributed by atoms with Gasteiger partial charge in [0.25, 0.3) is 0 Å². The van der Waals surface area contributed by atoms with Gasteiger partial charge in [-0.05, 0) is 102 Å². The third kappa shape index (κ3) is 7.43. The number of rotatable bonds is 9. The van der Waals surface area contributed by atoms with Gasteiger partial charge in [0.15, 0.2) is 0 Å². The Kier molecular flexibility index (Phi) is 9.11. The zero-order valence-corrected chi connectivity index (χ0v) is 27.4. The van der Waals surface area contributed by atoms with Gasteiger partial charge in [-0.3, -0.25) is 14.4 Å². The molecule has 0 aromatic rings. The second-order valence-electron chi connectivity index (χ2n) is 16.3. The summed E-state index contributed by atoms with van der Waals surface area (Å²) in [4.78, 5) is 39.6. The van der Waals surface area contributed by atoms with Gasteiger partial charge in [0.05, 0.1) is 29.2 Å². The molecule has 0 aliphatic carbocycles. The van der Waals surface area contributed by atoms with Crippen molar-refractivity contribution in [1.82, 2.24) is 15.7 Å². The molecule has 0 radical (unpaired) electrons. The average molecular weight is 582 g/mol. The number of esters is 3. The van der Waals surface area contributed by atoms with Crippen LogP contribution in [-0.2, 0) is 28.6 Å². The molecule has 3 aliphatic heterocycles. The normalized spacial score (nSPS) is 31.4. The van der Waals surface area contributed by atoms with Gasteiger partial charge >= 0.3 is 17.9 Å². The number of nitrogens with zero attached hydrogens (tertiary/aromatic N) is 1. The largest absolute Gasteiger partial charge is 0.465 e. The Morgan fingerprint density at radius 2 is 1.00 bits per heavy atom. The SMILES string of the molecule is CC1(C)CC(C(=O)OCC(COC(=O)C2CC(C)(C)NC2(C)C)COC(=O)C2CC(C)(C)N(O)C2(C)C)C(C)(C)N1. The maximum absolute atomic E-state index is 13.2. The summed E-state index contributed by atoms with van der Waals surface area (Å²) >= 11 is 0. The first-order chi connectivity index (χ1) is 18.4. The molecule has 3 N–H and O–H groups in total. The van der Waals surface area contributed by atoms with E-state index >= 15 is 0 Å². The van der Waals surface area contributed by atoms with Crippen molar-refractivity contribution in [2.75, 3.05) is 19.8 Å². The lowest BCUT2D eigenvalue weighted by atomic mass is 9.87. The Morgan fingerprint density at radius 1 is 0.659 bits per heavy atom. The third-order valence-electron chi connectivity index (χ3n) is 9.41. The maximum Gasteiger partial charge on any atom is 0.310 e. The fourth-order valence-corrected chi connectivity index (χ4v) is 7.49. The summed E-state index contributed by atoms with van der Waals surface area (Å²) in [5, 5.41) is 18.9. The number of hydrogen-bond donors (Lipinski definition) is 3. The molecule has 0 bridgehead atoms. The van der Waals surface area contributed by atoms with Gasteiger partial charge in [0.2, 0.25) is 0 Å². The second kappa shape index (κ2) is 11.1. The predicted molar refractivity (Wildman–Crippen MR) is 155 cm³/mol. The van der Waals surface area contributed by atoms with Gasteiger partial charge in [-0.25, -0.2) is 0 Å². The quantitative estimate of drug-likeness (QED) is 0.273. The molecular formula is C31H55N3O7. The van der Waals surface area contributed by atoms with Crippen molar-refractivity contribution in [3.05, 3.63) is 0 Å². The van der Waals surface area contributed by atoms with Crippen molar-refractivity contribution in [1.29, 1.82) is 0 Å². The number of hydrogen-bond acceptors (Lipinski definition) is 10. The monoisotopic (exact) mass is 581 g/mol. The molecule has 3 heterocycles. The molecule has 41 heavy (non-hydrogen) atoms. The van der Waals surface area contributed by atoms with Crippen LogP contribution in [0, 0.1) is 23.7 Å². The van der Waals surface area contributed by atoms with Crippen LogP contribution in [0.3, 0.4) is 0 Å². The maximum atomic E-state index is 13.2. The minimum atomic E-state index is -0.809. The number of carbonyl (C=O) groups is 3. The van der Waals surface area contributed by atoms with Crippen LogP contribution >= 0.6 is 0 Å². The van der Waals surface area contributed by atoms with Crippen molar-refractivity contribution in [2.45, 2.75) is 136 Å². The van der Waals surface area contributed by atoms with E-state index in [1.165, 1.54) is 5.06 Å². The summed E-state index contributed by atoms with van der Waals surface area (Å²) in [5.74, 6) is -2.85. The molecule has 0 saturated carbocycles. The van der Waals surface area contributed by atoms with E-state index in [1.807, 2.05) is 55.4 Å². The molecule has 10 heteroatoms. The zero-order valence-electron chi connectivity index (χ0n) is 27.4. The van der Waals surface area contributed by atoms with Crippen LogP contribution < -0.4 is 10.6 Å². The first-order valence-corrected chi connectivity index (χ1v) is 15.0. The van der Waals surface area contributed by atoms with E-state index in [0.717, 1.165) is 0 Å². The highest BCUT2D eigenvalue weighted by Gasteiger charge is 2.55. The minimum absolute atomic E-state index is 0.0458. The Labute approximate surface area is 246 Å². The molecule has 3 unspecified atom stereocenters. The summed E-state index contributed by atoms with van der Waals surface area (Å²) in [6, 6.07) is 0. The van der Waals surface area contributed by atoms with E-state index in [1.54, 1.807) is 0 Å². The Balaban J connectivity index is 1.68. The first kappa shape index (κ1) is 33.7. The van der Waals surface area contributed by atoms with E-state index in [0.29, 0.717) is 19.3 Å². The molecular weight excluding hydrogens is 526 g/mol. The molecule has 3 fully saturated rings. The van der Waals surface area contributed by atoms with Gasteiger partial charge in [-0.1, -0.05) is 0 Å². The number of carbonyl (C=O) groups excluding carboxylic acids is 3. The molecule has 236 valence electrons. The molecule has 3 rings (SSSR count). The van der Waals surface area contributed by atoms with Crippen molar-refractivity contribution >= 4 is 17.9 Å². The summed E-state index contributed by atoms with van der Waals surface area (Å²) in [5.41, 5.74) is -2.65. The van der Waals surface area contributed by atoms with E-state index in [-0.39, 0.29) is 54.7 Å². The fraction of sp³-hybridized carbons (Fsp3) is 0.903. The Hall–Kier alpha value is -1.75. The van der Waals surface area contributed by atoms with Gasteiger partial charge in [-0.2, -0.15) is 5.06 Å². The lowest BCUT2D eigenvalue weighted by Gasteiger charge is -2.35. The van der Waals surface area contributed by atoms with Gasteiger partial charge in [-0.15, -0.1) is 0 Å². The summed E-state index contributed by atoms with van der Waals surface area (Å²) < 4.78 is 17.3. The number of hydroxylamine groups is 2. The van der Waals surface area contributed by atoms with Crippen LogP contribution in [0.5, 0.6) is 0 Å². The summed E-state index contributed by atoms with van der Waals surface area (Å²) in [7, 11) is 0. The number of ether oxygens (including phenoxy) is 3. The first-order valence-electron chi connectivity index (χ1n) is 15.0. The molecule has 0 amide bonds. The average Bonchev–Trinajstić information content (AvgIpc) is 3.25. The predicted octanol–water partition coefficient (Wildman–Crippen LogP) is 3.83. The van der Waals surface area contributed by atoms with Crippen LogP contribution in [0.15, 0.2) is 0 Å². The molecule has 0 spiro atoms. The van der Waals surface area contributed by atoms with E-state index in [2.05, 4.69) is 38.3 Å².